The van der Waals surface area contributed by atoms with E-state index in [0.717, 1.165) is 14.5 Å². The zero-order valence-electron chi connectivity index (χ0n) is 12.8. The van der Waals surface area contributed by atoms with Gasteiger partial charge in [0, 0.05) is 16.2 Å². The van der Waals surface area contributed by atoms with Crippen LogP contribution in [0.3, 0.4) is 0 Å². The van der Waals surface area contributed by atoms with E-state index in [9.17, 15) is 4.79 Å². The Hall–Kier alpha value is -1.27. The smallest absolute Gasteiger partial charge is 0.419 e. The molecular formula is C16H17Br2NO3. The van der Waals surface area contributed by atoms with Crippen LogP contribution in [0.2, 0.25) is 0 Å². The van der Waals surface area contributed by atoms with Crippen molar-refractivity contribution in [1.29, 1.82) is 0 Å². The number of aromatic nitrogens is 1. The van der Waals surface area contributed by atoms with Gasteiger partial charge in [-0.05, 0) is 70.8 Å². The molecule has 0 saturated heterocycles. The van der Waals surface area contributed by atoms with Gasteiger partial charge in [-0.1, -0.05) is 6.07 Å². The standard InChI is InChI=1S/C16H17Br2NO3/c1-16(2,3)22-15(20)19-9-10(17)8-13(19)11-6-5-7-12(18)14(11)21-4/h5-9H,1-4H3. The lowest BCUT2D eigenvalue weighted by molar-refractivity contribution is 0.0540. The summed E-state index contributed by atoms with van der Waals surface area (Å²) in [5, 5.41) is 0. The maximum absolute atomic E-state index is 12.4. The fourth-order valence-electron chi connectivity index (χ4n) is 2.02. The average molecular weight is 431 g/mol. The number of ether oxygens (including phenoxy) is 2. The SMILES string of the molecule is COc1c(Br)cccc1-c1cc(Br)cn1C(=O)OC(C)(C)C. The summed E-state index contributed by atoms with van der Waals surface area (Å²) < 4.78 is 14.0. The third-order valence-corrected chi connectivity index (χ3v) is 3.88. The Morgan fingerprint density at radius 1 is 1.23 bits per heavy atom. The van der Waals surface area contributed by atoms with E-state index in [1.807, 2.05) is 45.0 Å². The third-order valence-electron chi connectivity index (χ3n) is 2.82. The molecule has 0 amide bonds. The second-order valence-corrected chi connectivity index (χ2v) is 7.48. The maximum Gasteiger partial charge on any atom is 0.419 e. The molecule has 0 spiro atoms. The van der Waals surface area contributed by atoms with Crippen LogP contribution in [-0.4, -0.2) is 23.4 Å². The van der Waals surface area contributed by atoms with Gasteiger partial charge < -0.3 is 9.47 Å². The Kier molecular flexibility index (Phi) is 5.02. The number of nitrogens with zero attached hydrogens (tertiary/aromatic N) is 1. The second kappa shape index (κ2) is 6.46. The first-order valence-corrected chi connectivity index (χ1v) is 8.25. The molecule has 0 aliphatic rings. The zero-order chi connectivity index (χ0) is 16.5. The fourth-order valence-corrected chi connectivity index (χ4v) is 2.97. The molecule has 1 heterocycles. The molecule has 0 N–H and O–H groups in total. The molecule has 2 aromatic rings. The van der Waals surface area contributed by atoms with Crippen molar-refractivity contribution in [2.24, 2.45) is 0 Å². The first-order chi connectivity index (χ1) is 10.2. The van der Waals surface area contributed by atoms with E-state index < -0.39 is 11.7 Å². The van der Waals surface area contributed by atoms with Gasteiger partial charge in [0.15, 0.2) is 0 Å². The highest BCUT2D eigenvalue weighted by Crippen LogP contribution is 2.37. The van der Waals surface area contributed by atoms with Crippen LogP contribution in [0.4, 0.5) is 4.79 Å². The minimum absolute atomic E-state index is 0.435. The van der Waals surface area contributed by atoms with Crippen molar-refractivity contribution in [3.05, 3.63) is 39.4 Å². The number of hydrogen-bond acceptors (Lipinski definition) is 3. The summed E-state index contributed by atoms with van der Waals surface area (Å²) in [5.41, 5.74) is 0.930. The highest BCUT2D eigenvalue weighted by Gasteiger charge is 2.22. The number of para-hydroxylation sites is 1. The van der Waals surface area contributed by atoms with E-state index in [-0.39, 0.29) is 0 Å². The van der Waals surface area contributed by atoms with Crippen LogP contribution in [0.1, 0.15) is 20.8 Å². The molecule has 2 rings (SSSR count). The molecule has 0 aliphatic heterocycles. The Balaban J connectivity index is 2.54. The van der Waals surface area contributed by atoms with Crippen molar-refractivity contribution in [2.45, 2.75) is 26.4 Å². The molecule has 0 aliphatic carbocycles. The number of rotatable bonds is 2. The molecule has 0 saturated carbocycles. The first-order valence-electron chi connectivity index (χ1n) is 6.67. The summed E-state index contributed by atoms with van der Waals surface area (Å²) in [4.78, 5) is 12.4. The van der Waals surface area contributed by atoms with Gasteiger partial charge in [-0.3, -0.25) is 4.57 Å². The van der Waals surface area contributed by atoms with Crippen LogP contribution in [0.25, 0.3) is 11.3 Å². The summed E-state index contributed by atoms with van der Waals surface area (Å²) in [6, 6.07) is 7.53. The van der Waals surface area contributed by atoms with Gasteiger partial charge >= 0.3 is 6.09 Å². The Labute approximate surface area is 146 Å². The highest BCUT2D eigenvalue weighted by molar-refractivity contribution is 9.10. The predicted molar refractivity (Wildman–Crippen MR) is 93.5 cm³/mol. The maximum atomic E-state index is 12.4. The predicted octanol–water partition coefficient (Wildman–Crippen LogP) is 5.47. The van der Waals surface area contributed by atoms with Crippen molar-refractivity contribution < 1.29 is 14.3 Å². The van der Waals surface area contributed by atoms with Crippen LogP contribution in [0, 0.1) is 0 Å². The van der Waals surface area contributed by atoms with Crippen molar-refractivity contribution in [3.8, 4) is 17.0 Å². The topological polar surface area (TPSA) is 40.5 Å². The molecule has 4 nitrogen and oxygen atoms in total. The Bertz CT molecular complexity index is 702. The van der Waals surface area contributed by atoms with Gasteiger partial charge in [-0.2, -0.15) is 0 Å². The lowest BCUT2D eigenvalue weighted by atomic mass is 10.1. The minimum atomic E-state index is -0.563. The average Bonchev–Trinajstić information content (AvgIpc) is 2.78. The van der Waals surface area contributed by atoms with Crippen LogP contribution in [-0.2, 0) is 4.74 Å². The summed E-state index contributed by atoms with van der Waals surface area (Å²) in [7, 11) is 1.60. The number of carbonyl (C=O) groups is 1. The Morgan fingerprint density at radius 2 is 1.91 bits per heavy atom. The summed E-state index contributed by atoms with van der Waals surface area (Å²) in [6.45, 7) is 5.51. The van der Waals surface area contributed by atoms with Gasteiger partial charge in [0.05, 0.1) is 17.3 Å². The molecule has 118 valence electrons. The first kappa shape index (κ1) is 17.1. The Morgan fingerprint density at radius 3 is 2.50 bits per heavy atom. The summed E-state index contributed by atoms with van der Waals surface area (Å²) in [6.07, 6.45) is 1.25. The van der Waals surface area contributed by atoms with Crippen molar-refractivity contribution in [1.82, 2.24) is 4.57 Å². The normalized spacial score (nSPS) is 11.4. The van der Waals surface area contributed by atoms with Crippen LogP contribution in [0.15, 0.2) is 39.4 Å². The summed E-state index contributed by atoms with van der Waals surface area (Å²) >= 11 is 6.87. The van der Waals surface area contributed by atoms with E-state index >= 15 is 0 Å². The van der Waals surface area contributed by atoms with E-state index in [1.54, 1.807) is 13.3 Å². The monoisotopic (exact) mass is 429 g/mol. The summed E-state index contributed by atoms with van der Waals surface area (Å²) in [5.74, 6) is 0.665. The van der Waals surface area contributed by atoms with Gasteiger partial charge in [0.25, 0.3) is 0 Å². The quantitative estimate of drug-likeness (QED) is 0.633. The second-order valence-electron chi connectivity index (χ2n) is 5.71. The molecule has 1 aromatic carbocycles. The lowest BCUT2D eigenvalue weighted by Crippen LogP contribution is -2.27. The van der Waals surface area contributed by atoms with Crippen molar-refractivity contribution in [3.63, 3.8) is 0 Å². The number of halogens is 2. The van der Waals surface area contributed by atoms with Gasteiger partial charge in [-0.25, -0.2) is 4.79 Å². The number of carbonyl (C=O) groups excluding carboxylic acids is 1. The largest absolute Gasteiger partial charge is 0.495 e. The van der Waals surface area contributed by atoms with E-state index in [4.69, 9.17) is 9.47 Å². The molecule has 0 unspecified atom stereocenters. The van der Waals surface area contributed by atoms with Crippen LogP contribution >= 0.6 is 31.9 Å². The van der Waals surface area contributed by atoms with Crippen LogP contribution < -0.4 is 4.74 Å². The molecular weight excluding hydrogens is 414 g/mol. The molecule has 1 aromatic heterocycles. The molecule has 6 heteroatoms. The zero-order valence-corrected chi connectivity index (χ0v) is 16.0. The van der Waals surface area contributed by atoms with Crippen molar-refractivity contribution in [2.75, 3.05) is 7.11 Å². The minimum Gasteiger partial charge on any atom is -0.495 e. The van der Waals surface area contributed by atoms with E-state index in [2.05, 4.69) is 31.9 Å². The van der Waals surface area contributed by atoms with E-state index in [0.29, 0.717) is 11.4 Å². The number of benzene rings is 1. The van der Waals surface area contributed by atoms with Crippen LogP contribution in [0.5, 0.6) is 5.75 Å². The highest BCUT2D eigenvalue weighted by atomic mass is 79.9. The molecule has 0 radical (unpaired) electrons. The van der Waals surface area contributed by atoms with E-state index in [1.165, 1.54) is 4.57 Å². The fraction of sp³-hybridized carbons (Fsp3) is 0.312. The molecule has 0 atom stereocenters. The number of methoxy groups -OCH3 is 1. The third kappa shape index (κ3) is 3.73. The molecule has 22 heavy (non-hydrogen) atoms. The number of hydrogen-bond donors (Lipinski definition) is 0. The molecule has 0 bridgehead atoms. The molecule has 0 fully saturated rings. The van der Waals surface area contributed by atoms with Gasteiger partial charge in [-0.15, -0.1) is 0 Å². The van der Waals surface area contributed by atoms with Crippen molar-refractivity contribution >= 4 is 38.0 Å². The van der Waals surface area contributed by atoms with Gasteiger partial charge in [0.2, 0.25) is 0 Å². The lowest BCUT2D eigenvalue weighted by Gasteiger charge is -2.21. The van der Waals surface area contributed by atoms with Gasteiger partial charge in [0.1, 0.15) is 11.4 Å².